The van der Waals surface area contributed by atoms with Crippen molar-refractivity contribution in [3.8, 4) is 23.3 Å². The molecule has 0 aromatic heterocycles. The van der Waals surface area contributed by atoms with Crippen LogP contribution in [0.5, 0.6) is 11.5 Å². The van der Waals surface area contributed by atoms with Gasteiger partial charge in [0.2, 0.25) is 0 Å². The van der Waals surface area contributed by atoms with Crippen LogP contribution in [0.2, 0.25) is 0 Å². The fourth-order valence-corrected chi connectivity index (χ4v) is 1.58. The lowest BCUT2D eigenvalue weighted by Crippen LogP contribution is -2.04. The molecule has 2 aromatic carbocycles. The summed E-state index contributed by atoms with van der Waals surface area (Å²) in [5.74, 6) is 5.40. The van der Waals surface area contributed by atoms with E-state index in [9.17, 15) is 4.79 Å². The van der Waals surface area contributed by atoms with E-state index in [2.05, 4.69) is 11.8 Å². The van der Waals surface area contributed by atoms with Gasteiger partial charge in [-0.3, -0.25) is 0 Å². The maximum atomic E-state index is 11.2. The van der Waals surface area contributed by atoms with Crippen LogP contribution in [0.15, 0.2) is 54.6 Å². The highest BCUT2D eigenvalue weighted by Gasteiger charge is 2.01. The predicted molar refractivity (Wildman–Crippen MR) is 76.3 cm³/mol. The first-order valence-corrected chi connectivity index (χ1v) is 6.19. The van der Waals surface area contributed by atoms with Crippen molar-refractivity contribution < 1.29 is 14.3 Å². The lowest BCUT2D eigenvalue weighted by Gasteiger charge is -2.07. The fourth-order valence-electron chi connectivity index (χ4n) is 1.58. The SMILES string of the molecule is CC#CC(=O)Oc1ccc(OCc2ccccc2)cc1. The molecule has 2 rings (SSSR count). The lowest BCUT2D eigenvalue weighted by atomic mass is 10.2. The first kappa shape index (κ1) is 13.7. The zero-order valence-corrected chi connectivity index (χ0v) is 11.1. The summed E-state index contributed by atoms with van der Waals surface area (Å²) in [5, 5.41) is 0. The van der Waals surface area contributed by atoms with Gasteiger partial charge in [0, 0.05) is 5.92 Å². The molecule has 3 nitrogen and oxygen atoms in total. The topological polar surface area (TPSA) is 35.5 Å². The Hall–Kier alpha value is -2.73. The van der Waals surface area contributed by atoms with Gasteiger partial charge in [0.25, 0.3) is 0 Å². The van der Waals surface area contributed by atoms with E-state index < -0.39 is 5.97 Å². The molecule has 3 heteroatoms. The number of rotatable bonds is 4. The molecule has 0 saturated carbocycles. The second-order valence-electron chi connectivity index (χ2n) is 4.01. The third kappa shape index (κ3) is 4.18. The number of carbonyl (C=O) groups excluding carboxylic acids is 1. The molecular formula is C17H14O3. The van der Waals surface area contributed by atoms with Gasteiger partial charge >= 0.3 is 5.97 Å². The van der Waals surface area contributed by atoms with Gasteiger partial charge in [0.1, 0.15) is 18.1 Å². The third-order valence-corrected chi connectivity index (χ3v) is 2.51. The molecule has 0 bridgehead atoms. The van der Waals surface area contributed by atoms with Crippen LogP contribution in [0.4, 0.5) is 0 Å². The van der Waals surface area contributed by atoms with Crippen molar-refractivity contribution in [2.45, 2.75) is 13.5 Å². The Morgan fingerprint density at radius 1 is 1.00 bits per heavy atom. The van der Waals surface area contributed by atoms with E-state index >= 15 is 0 Å². The van der Waals surface area contributed by atoms with Crippen LogP contribution in [-0.2, 0) is 11.4 Å². The summed E-state index contributed by atoms with van der Waals surface area (Å²) in [6.07, 6.45) is 0. The molecule has 0 amide bonds. The van der Waals surface area contributed by atoms with Gasteiger partial charge in [0.15, 0.2) is 0 Å². The molecule has 0 spiro atoms. The normalized spacial score (nSPS) is 9.25. The highest BCUT2D eigenvalue weighted by atomic mass is 16.5. The molecule has 0 atom stereocenters. The van der Waals surface area contributed by atoms with E-state index in [1.807, 2.05) is 30.3 Å². The van der Waals surface area contributed by atoms with Gasteiger partial charge in [-0.2, -0.15) is 0 Å². The van der Waals surface area contributed by atoms with E-state index in [1.165, 1.54) is 0 Å². The summed E-state index contributed by atoms with van der Waals surface area (Å²) in [6, 6.07) is 16.8. The van der Waals surface area contributed by atoms with E-state index in [0.29, 0.717) is 12.4 Å². The molecule has 0 aliphatic heterocycles. The Morgan fingerprint density at radius 2 is 1.65 bits per heavy atom. The van der Waals surface area contributed by atoms with E-state index in [-0.39, 0.29) is 0 Å². The van der Waals surface area contributed by atoms with Crippen LogP contribution < -0.4 is 9.47 Å². The number of ether oxygens (including phenoxy) is 2. The van der Waals surface area contributed by atoms with Crippen molar-refractivity contribution in [3.05, 3.63) is 60.2 Å². The minimum Gasteiger partial charge on any atom is -0.489 e. The minimum atomic E-state index is -0.564. The number of carbonyl (C=O) groups is 1. The van der Waals surface area contributed by atoms with Crippen molar-refractivity contribution in [2.24, 2.45) is 0 Å². The summed E-state index contributed by atoms with van der Waals surface area (Å²) >= 11 is 0. The number of hydrogen-bond donors (Lipinski definition) is 0. The molecule has 0 saturated heterocycles. The van der Waals surface area contributed by atoms with Gasteiger partial charge in [-0.05, 0) is 36.8 Å². The average Bonchev–Trinajstić information content (AvgIpc) is 2.48. The highest BCUT2D eigenvalue weighted by Crippen LogP contribution is 2.18. The summed E-state index contributed by atoms with van der Waals surface area (Å²) in [6.45, 7) is 2.09. The molecule has 0 N–H and O–H groups in total. The molecule has 0 radical (unpaired) electrons. The standard InChI is InChI=1S/C17H14O3/c1-2-6-17(18)20-16-11-9-15(10-12-16)19-13-14-7-4-3-5-8-14/h3-5,7-12H,13H2,1H3. The number of benzene rings is 2. The minimum absolute atomic E-state index is 0.449. The van der Waals surface area contributed by atoms with Crippen LogP contribution in [0, 0.1) is 11.8 Å². The van der Waals surface area contributed by atoms with Crippen molar-refractivity contribution in [3.63, 3.8) is 0 Å². The molecule has 20 heavy (non-hydrogen) atoms. The summed E-state index contributed by atoms with van der Waals surface area (Å²) in [5.41, 5.74) is 1.10. The van der Waals surface area contributed by atoms with E-state index in [1.54, 1.807) is 31.2 Å². The molecule has 0 unspecified atom stereocenters. The monoisotopic (exact) mass is 266 g/mol. The van der Waals surface area contributed by atoms with Crippen LogP contribution in [-0.4, -0.2) is 5.97 Å². The van der Waals surface area contributed by atoms with Gasteiger partial charge in [0.05, 0.1) is 0 Å². The van der Waals surface area contributed by atoms with E-state index in [4.69, 9.17) is 9.47 Å². The maximum absolute atomic E-state index is 11.2. The van der Waals surface area contributed by atoms with Gasteiger partial charge in [-0.1, -0.05) is 36.3 Å². The van der Waals surface area contributed by atoms with Gasteiger partial charge in [-0.25, -0.2) is 4.79 Å². The first-order chi connectivity index (χ1) is 9.78. The molecule has 2 aromatic rings. The Bertz CT molecular complexity index is 619. The Labute approximate surface area is 118 Å². The smallest absolute Gasteiger partial charge is 0.389 e. The second-order valence-corrected chi connectivity index (χ2v) is 4.01. The second kappa shape index (κ2) is 7.01. The molecule has 0 aliphatic rings. The summed E-state index contributed by atoms with van der Waals surface area (Å²) < 4.78 is 10.6. The Morgan fingerprint density at radius 3 is 2.30 bits per heavy atom. The quantitative estimate of drug-likeness (QED) is 0.369. The van der Waals surface area contributed by atoms with Crippen LogP contribution in [0.1, 0.15) is 12.5 Å². The van der Waals surface area contributed by atoms with Crippen molar-refractivity contribution in [1.82, 2.24) is 0 Å². The fraction of sp³-hybridized carbons (Fsp3) is 0.118. The van der Waals surface area contributed by atoms with Crippen LogP contribution >= 0.6 is 0 Å². The molecular weight excluding hydrogens is 252 g/mol. The lowest BCUT2D eigenvalue weighted by molar-refractivity contribution is -0.128. The van der Waals surface area contributed by atoms with Crippen LogP contribution in [0.3, 0.4) is 0 Å². The predicted octanol–water partition coefficient (Wildman–Crippen LogP) is 3.19. The van der Waals surface area contributed by atoms with Crippen molar-refractivity contribution >= 4 is 5.97 Å². The first-order valence-electron chi connectivity index (χ1n) is 6.19. The van der Waals surface area contributed by atoms with Gasteiger partial charge < -0.3 is 9.47 Å². The maximum Gasteiger partial charge on any atom is 0.389 e. The van der Waals surface area contributed by atoms with E-state index in [0.717, 1.165) is 11.3 Å². The van der Waals surface area contributed by atoms with Gasteiger partial charge in [-0.15, -0.1) is 0 Å². The molecule has 0 fully saturated rings. The summed E-state index contributed by atoms with van der Waals surface area (Å²) in [7, 11) is 0. The third-order valence-electron chi connectivity index (χ3n) is 2.51. The van der Waals surface area contributed by atoms with Crippen molar-refractivity contribution in [1.29, 1.82) is 0 Å². The largest absolute Gasteiger partial charge is 0.489 e. The average molecular weight is 266 g/mol. The molecule has 0 heterocycles. The Kier molecular flexibility index (Phi) is 4.80. The van der Waals surface area contributed by atoms with Crippen molar-refractivity contribution in [2.75, 3.05) is 0 Å². The zero-order valence-electron chi connectivity index (χ0n) is 11.1. The zero-order chi connectivity index (χ0) is 14.2. The summed E-state index contributed by atoms with van der Waals surface area (Å²) in [4.78, 5) is 11.2. The number of hydrogen-bond acceptors (Lipinski definition) is 3. The number of esters is 1. The Balaban J connectivity index is 1.91. The molecule has 100 valence electrons. The molecule has 0 aliphatic carbocycles. The van der Waals surface area contributed by atoms with Crippen LogP contribution in [0.25, 0.3) is 0 Å². The highest BCUT2D eigenvalue weighted by molar-refractivity contribution is 5.90.